The Bertz CT molecular complexity index is 856. The first kappa shape index (κ1) is 17.1. The minimum Gasteiger partial charge on any atom is -0.365 e. The van der Waals surface area contributed by atoms with E-state index in [1.54, 1.807) is 6.92 Å². The molecule has 25 heavy (non-hydrogen) atoms. The molecule has 2 aromatic rings. The minimum atomic E-state index is -0.770. The number of hydrogen-bond acceptors (Lipinski definition) is 6. The smallest absolute Gasteiger partial charge is 0.307 e. The molecule has 0 aliphatic heterocycles. The van der Waals surface area contributed by atoms with Crippen molar-refractivity contribution in [2.45, 2.75) is 38.6 Å². The lowest BCUT2D eigenvalue weighted by Gasteiger charge is -2.13. The number of amides is 2. The van der Waals surface area contributed by atoms with E-state index in [0.29, 0.717) is 10.6 Å². The molecule has 0 saturated carbocycles. The number of aryl methyl sites for hydroxylation is 1. The number of primary amides is 1. The molecule has 2 aromatic heterocycles. The maximum absolute atomic E-state index is 12.5. The summed E-state index contributed by atoms with van der Waals surface area (Å²) in [5, 5.41) is 17.8. The second-order valence-corrected chi connectivity index (χ2v) is 6.99. The molecule has 0 unspecified atom stereocenters. The van der Waals surface area contributed by atoms with E-state index >= 15 is 0 Å². The van der Waals surface area contributed by atoms with Gasteiger partial charge in [0.25, 0.3) is 5.91 Å². The maximum atomic E-state index is 12.5. The number of hydrogen-bond donors (Lipinski definition) is 2. The molecule has 1 aliphatic rings. The molecular weight excluding hydrogens is 346 g/mol. The Hall–Kier alpha value is -2.75. The van der Waals surface area contributed by atoms with E-state index in [4.69, 9.17) is 5.73 Å². The quantitative estimate of drug-likeness (QED) is 0.619. The molecule has 0 aromatic carbocycles. The summed E-state index contributed by atoms with van der Waals surface area (Å²) in [6, 6.07) is -0.770. The molecule has 0 bridgehead atoms. The summed E-state index contributed by atoms with van der Waals surface area (Å²) in [7, 11) is 0. The molecule has 3 rings (SSSR count). The van der Waals surface area contributed by atoms with Gasteiger partial charge in [0.05, 0.1) is 10.5 Å². The van der Waals surface area contributed by atoms with Crippen LogP contribution in [0, 0.1) is 10.1 Å². The summed E-state index contributed by atoms with van der Waals surface area (Å²) >= 11 is 1.37. The summed E-state index contributed by atoms with van der Waals surface area (Å²) in [5.74, 6) is -0.976. The summed E-state index contributed by atoms with van der Waals surface area (Å²) in [6.45, 7) is 1.57. The zero-order chi connectivity index (χ0) is 18.1. The molecule has 1 atom stereocenters. The van der Waals surface area contributed by atoms with Crippen LogP contribution in [-0.4, -0.2) is 26.5 Å². The van der Waals surface area contributed by atoms with Crippen LogP contribution in [0.3, 0.4) is 0 Å². The Kier molecular flexibility index (Phi) is 4.53. The minimum absolute atomic E-state index is 0.191. The molecular formula is C15H17N5O4S. The largest absolute Gasteiger partial charge is 0.365 e. The molecule has 0 spiro atoms. The van der Waals surface area contributed by atoms with Crippen molar-refractivity contribution >= 4 is 33.8 Å². The molecule has 1 aliphatic carbocycles. The van der Waals surface area contributed by atoms with E-state index in [0.717, 1.165) is 42.3 Å². The summed E-state index contributed by atoms with van der Waals surface area (Å²) in [4.78, 5) is 35.6. The SMILES string of the molecule is C[C@H](C(=O)Nc1sc2c(c1C(N)=O)CCCC2)n1cc([N+](=O)[O-])cn1. The van der Waals surface area contributed by atoms with Crippen molar-refractivity contribution in [3.8, 4) is 0 Å². The van der Waals surface area contributed by atoms with Crippen molar-refractivity contribution in [2.24, 2.45) is 5.73 Å². The number of thiophene rings is 1. The fourth-order valence-electron chi connectivity index (χ4n) is 2.89. The van der Waals surface area contributed by atoms with E-state index in [1.807, 2.05) is 0 Å². The first-order valence-electron chi connectivity index (χ1n) is 7.82. The Labute approximate surface area is 147 Å². The number of anilines is 1. The highest BCUT2D eigenvalue weighted by Gasteiger charge is 2.27. The van der Waals surface area contributed by atoms with Crippen LogP contribution in [0.5, 0.6) is 0 Å². The first-order chi connectivity index (χ1) is 11.9. The Morgan fingerprint density at radius 2 is 2.16 bits per heavy atom. The van der Waals surface area contributed by atoms with Gasteiger partial charge >= 0.3 is 5.69 Å². The van der Waals surface area contributed by atoms with Crippen LogP contribution in [0.2, 0.25) is 0 Å². The first-order valence-corrected chi connectivity index (χ1v) is 8.64. The van der Waals surface area contributed by atoms with E-state index in [-0.39, 0.29) is 5.69 Å². The molecule has 0 saturated heterocycles. The lowest BCUT2D eigenvalue weighted by molar-refractivity contribution is -0.385. The monoisotopic (exact) mass is 363 g/mol. The number of nitro groups is 1. The number of rotatable bonds is 5. The number of nitrogens with zero attached hydrogens (tertiary/aromatic N) is 3. The van der Waals surface area contributed by atoms with Crippen molar-refractivity contribution < 1.29 is 14.5 Å². The number of carbonyl (C=O) groups is 2. The third-order valence-electron chi connectivity index (χ3n) is 4.23. The van der Waals surface area contributed by atoms with Crippen LogP contribution in [-0.2, 0) is 17.6 Å². The van der Waals surface area contributed by atoms with Gasteiger partial charge in [-0.15, -0.1) is 11.3 Å². The number of aromatic nitrogens is 2. The van der Waals surface area contributed by atoms with E-state index < -0.39 is 22.8 Å². The highest BCUT2D eigenvalue weighted by Crippen LogP contribution is 2.38. The second kappa shape index (κ2) is 6.63. The molecule has 2 amide bonds. The Morgan fingerprint density at radius 1 is 1.44 bits per heavy atom. The van der Waals surface area contributed by atoms with E-state index in [9.17, 15) is 19.7 Å². The molecule has 3 N–H and O–H groups in total. The lowest BCUT2D eigenvalue weighted by Crippen LogP contribution is -2.25. The summed E-state index contributed by atoms with van der Waals surface area (Å²) in [6.07, 6.45) is 5.97. The van der Waals surface area contributed by atoms with Crippen LogP contribution in [0.1, 0.15) is 46.6 Å². The van der Waals surface area contributed by atoms with Crippen molar-refractivity contribution in [3.05, 3.63) is 38.5 Å². The third kappa shape index (κ3) is 3.25. The number of carbonyl (C=O) groups excluding carboxylic acids is 2. The van der Waals surface area contributed by atoms with Gasteiger partial charge in [-0.1, -0.05) is 0 Å². The normalized spacial score (nSPS) is 14.6. The zero-order valence-corrected chi connectivity index (χ0v) is 14.3. The average molecular weight is 363 g/mol. The molecule has 2 heterocycles. The zero-order valence-electron chi connectivity index (χ0n) is 13.5. The van der Waals surface area contributed by atoms with Crippen LogP contribution < -0.4 is 11.1 Å². The summed E-state index contributed by atoms with van der Waals surface area (Å²) < 4.78 is 1.21. The molecule has 10 heteroatoms. The van der Waals surface area contributed by atoms with Gasteiger partial charge in [0.15, 0.2) is 0 Å². The van der Waals surface area contributed by atoms with Gasteiger partial charge in [-0.25, -0.2) is 0 Å². The summed E-state index contributed by atoms with van der Waals surface area (Å²) in [5.41, 5.74) is 6.63. The lowest BCUT2D eigenvalue weighted by atomic mass is 9.95. The standard InChI is InChI=1S/C15H17N5O4S/c1-8(19-7-9(6-17-19)20(23)24)14(22)18-15-12(13(16)21)10-4-2-3-5-11(10)25-15/h6-8H,2-5H2,1H3,(H2,16,21)(H,18,22)/t8-/m1/s1. The van der Waals surface area contributed by atoms with Gasteiger partial charge in [-0.2, -0.15) is 5.10 Å². The van der Waals surface area contributed by atoms with Gasteiger partial charge in [-0.3, -0.25) is 24.4 Å². The van der Waals surface area contributed by atoms with E-state index in [2.05, 4.69) is 10.4 Å². The molecule has 132 valence electrons. The van der Waals surface area contributed by atoms with Crippen LogP contribution >= 0.6 is 11.3 Å². The van der Waals surface area contributed by atoms with Crippen LogP contribution in [0.25, 0.3) is 0 Å². The molecule has 9 nitrogen and oxygen atoms in total. The van der Waals surface area contributed by atoms with E-state index in [1.165, 1.54) is 22.2 Å². The Balaban J connectivity index is 1.83. The number of nitrogens with one attached hydrogen (secondary N) is 1. The predicted molar refractivity (Wildman–Crippen MR) is 91.7 cm³/mol. The highest BCUT2D eigenvalue weighted by atomic mass is 32.1. The van der Waals surface area contributed by atoms with Crippen LogP contribution in [0.15, 0.2) is 12.4 Å². The maximum Gasteiger partial charge on any atom is 0.307 e. The fraction of sp³-hybridized carbons (Fsp3) is 0.400. The van der Waals surface area contributed by atoms with Gasteiger partial charge < -0.3 is 11.1 Å². The third-order valence-corrected chi connectivity index (χ3v) is 5.44. The Morgan fingerprint density at radius 3 is 2.80 bits per heavy atom. The second-order valence-electron chi connectivity index (χ2n) is 5.88. The van der Waals surface area contributed by atoms with Crippen molar-refractivity contribution in [3.63, 3.8) is 0 Å². The van der Waals surface area contributed by atoms with Gasteiger partial charge in [-0.05, 0) is 38.2 Å². The number of fused-ring (bicyclic) bond motifs is 1. The van der Waals surface area contributed by atoms with Gasteiger partial charge in [0.1, 0.15) is 23.4 Å². The van der Waals surface area contributed by atoms with Gasteiger partial charge in [0.2, 0.25) is 5.91 Å². The predicted octanol–water partition coefficient (Wildman–Crippen LogP) is 2.03. The van der Waals surface area contributed by atoms with Crippen molar-refractivity contribution in [2.75, 3.05) is 5.32 Å². The van der Waals surface area contributed by atoms with Crippen LogP contribution in [0.4, 0.5) is 10.7 Å². The fourth-order valence-corrected chi connectivity index (χ4v) is 4.18. The van der Waals surface area contributed by atoms with Gasteiger partial charge in [0, 0.05) is 4.88 Å². The molecule has 0 fully saturated rings. The van der Waals surface area contributed by atoms with Crippen molar-refractivity contribution in [1.29, 1.82) is 0 Å². The average Bonchev–Trinajstić information content (AvgIpc) is 3.18. The highest BCUT2D eigenvalue weighted by molar-refractivity contribution is 7.17. The molecule has 0 radical (unpaired) electrons. The number of nitrogens with two attached hydrogens (primary N) is 1. The van der Waals surface area contributed by atoms with Crippen molar-refractivity contribution in [1.82, 2.24) is 9.78 Å². The topological polar surface area (TPSA) is 133 Å².